The molecule has 29 heavy (non-hydrogen) atoms. The normalized spacial score (nSPS) is 15.7. The monoisotopic (exact) mass is 412 g/mol. The first-order valence-electron chi connectivity index (χ1n) is 10.5. The van der Waals surface area contributed by atoms with Crippen LogP contribution in [0.25, 0.3) is 0 Å². The third-order valence-corrected chi connectivity index (χ3v) is 5.87. The van der Waals surface area contributed by atoms with E-state index in [9.17, 15) is 9.59 Å². The van der Waals surface area contributed by atoms with E-state index in [1.807, 2.05) is 30.0 Å². The first-order valence-corrected chi connectivity index (χ1v) is 10.8. The molecule has 0 aromatic heterocycles. The Bertz CT molecular complexity index is 799. The van der Waals surface area contributed by atoms with Crippen LogP contribution in [0.3, 0.4) is 0 Å². The summed E-state index contributed by atoms with van der Waals surface area (Å²) in [6.45, 7) is 3.67. The molecule has 2 aromatic carbocycles. The molecule has 0 saturated carbocycles. The minimum Gasteiger partial charge on any atom is -0.345 e. The molecule has 0 aliphatic carbocycles. The van der Waals surface area contributed by atoms with Gasteiger partial charge in [0.05, 0.1) is 6.04 Å². The zero-order chi connectivity index (χ0) is 20.6. The van der Waals surface area contributed by atoms with Gasteiger partial charge in [-0.3, -0.25) is 9.59 Å². The number of carbonyl (C=O) groups is 2. The lowest BCUT2D eigenvalue weighted by molar-refractivity contribution is -0.132. The van der Waals surface area contributed by atoms with Gasteiger partial charge in [0, 0.05) is 30.1 Å². The van der Waals surface area contributed by atoms with E-state index in [2.05, 4.69) is 17.4 Å². The van der Waals surface area contributed by atoms with Gasteiger partial charge >= 0.3 is 0 Å². The summed E-state index contributed by atoms with van der Waals surface area (Å²) >= 11 is 5.94. The predicted molar refractivity (Wildman–Crippen MR) is 117 cm³/mol. The van der Waals surface area contributed by atoms with Crippen molar-refractivity contribution in [1.82, 2.24) is 10.2 Å². The molecule has 1 N–H and O–H groups in total. The van der Waals surface area contributed by atoms with Crippen LogP contribution in [0.2, 0.25) is 5.02 Å². The fraction of sp³-hybridized carbons (Fsp3) is 0.417. The Kier molecular flexibility index (Phi) is 7.70. The molecule has 1 unspecified atom stereocenters. The Morgan fingerprint density at radius 3 is 2.34 bits per heavy atom. The van der Waals surface area contributed by atoms with Gasteiger partial charge in [0.15, 0.2) is 0 Å². The van der Waals surface area contributed by atoms with Gasteiger partial charge in [0.1, 0.15) is 0 Å². The zero-order valence-electron chi connectivity index (χ0n) is 16.9. The van der Waals surface area contributed by atoms with Crippen molar-refractivity contribution in [2.45, 2.75) is 45.1 Å². The number of carbonyl (C=O) groups excluding carboxylic acids is 2. The van der Waals surface area contributed by atoms with Gasteiger partial charge in [-0.25, -0.2) is 0 Å². The lowest BCUT2D eigenvalue weighted by Gasteiger charge is -2.34. The van der Waals surface area contributed by atoms with E-state index in [0.29, 0.717) is 22.9 Å². The summed E-state index contributed by atoms with van der Waals surface area (Å²) in [4.78, 5) is 26.9. The minimum atomic E-state index is -0.0916. The van der Waals surface area contributed by atoms with Gasteiger partial charge < -0.3 is 10.2 Å². The second kappa shape index (κ2) is 10.4. The Hall–Kier alpha value is -2.33. The zero-order valence-corrected chi connectivity index (χ0v) is 17.7. The molecular weight excluding hydrogens is 384 g/mol. The van der Waals surface area contributed by atoms with Crippen molar-refractivity contribution in [2.75, 3.05) is 13.1 Å². The fourth-order valence-electron chi connectivity index (χ4n) is 3.93. The standard InChI is InChI=1S/C24H29ClN2O2/c1-2-6-23(28)27-15-13-18(14-16-27)17-22(19-7-4-3-5-8-19)26-24(29)20-9-11-21(25)12-10-20/h3-5,7-12,18,22H,2,6,13-17H2,1H3,(H,26,29). The van der Waals surface area contributed by atoms with E-state index < -0.39 is 0 Å². The predicted octanol–water partition coefficient (Wildman–Crippen LogP) is 5.24. The van der Waals surface area contributed by atoms with Gasteiger partial charge in [0.2, 0.25) is 5.91 Å². The minimum absolute atomic E-state index is 0.0535. The number of hydrogen-bond acceptors (Lipinski definition) is 2. The number of piperidine rings is 1. The van der Waals surface area contributed by atoms with E-state index >= 15 is 0 Å². The molecule has 4 nitrogen and oxygen atoms in total. The van der Waals surface area contributed by atoms with E-state index in [0.717, 1.165) is 44.3 Å². The number of rotatable bonds is 7. The van der Waals surface area contributed by atoms with Crippen molar-refractivity contribution in [2.24, 2.45) is 5.92 Å². The molecule has 154 valence electrons. The Balaban J connectivity index is 1.65. The molecule has 1 fully saturated rings. The third kappa shape index (κ3) is 6.07. The van der Waals surface area contributed by atoms with Gasteiger partial charge in [0.25, 0.3) is 5.91 Å². The number of nitrogens with zero attached hydrogens (tertiary/aromatic N) is 1. The third-order valence-electron chi connectivity index (χ3n) is 5.61. The van der Waals surface area contributed by atoms with Crippen LogP contribution in [0.1, 0.15) is 61.0 Å². The molecule has 1 saturated heterocycles. The van der Waals surface area contributed by atoms with Crippen LogP contribution in [-0.2, 0) is 4.79 Å². The van der Waals surface area contributed by atoms with Crippen LogP contribution < -0.4 is 5.32 Å². The number of nitrogens with one attached hydrogen (secondary N) is 1. The van der Waals surface area contributed by atoms with Crippen molar-refractivity contribution in [3.8, 4) is 0 Å². The number of benzene rings is 2. The molecule has 1 aliphatic rings. The molecule has 1 atom stereocenters. The summed E-state index contributed by atoms with van der Waals surface area (Å²) in [5.41, 5.74) is 1.72. The fourth-order valence-corrected chi connectivity index (χ4v) is 4.06. The Morgan fingerprint density at radius 1 is 1.07 bits per heavy atom. The lowest BCUT2D eigenvalue weighted by Crippen LogP contribution is -2.39. The second-order valence-corrected chi connectivity index (χ2v) is 8.19. The highest BCUT2D eigenvalue weighted by Gasteiger charge is 2.26. The van der Waals surface area contributed by atoms with Gasteiger partial charge in [-0.1, -0.05) is 48.9 Å². The maximum absolute atomic E-state index is 12.8. The summed E-state index contributed by atoms with van der Waals surface area (Å²) in [6, 6.07) is 17.0. The van der Waals surface area contributed by atoms with E-state index in [4.69, 9.17) is 11.6 Å². The molecule has 0 radical (unpaired) electrons. The summed E-state index contributed by atoms with van der Waals surface area (Å²) < 4.78 is 0. The van der Waals surface area contributed by atoms with Crippen molar-refractivity contribution >= 4 is 23.4 Å². The maximum Gasteiger partial charge on any atom is 0.251 e. The molecule has 2 aromatic rings. The van der Waals surface area contributed by atoms with Crippen LogP contribution >= 0.6 is 11.6 Å². The van der Waals surface area contributed by atoms with Gasteiger partial charge in [-0.2, -0.15) is 0 Å². The topological polar surface area (TPSA) is 49.4 Å². The maximum atomic E-state index is 12.8. The average molecular weight is 413 g/mol. The largest absolute Gasteiger partial charge is 0.345 e. The van der Waals surface area contributed by atoms with Crippen molar-refractivity contribution in [3.05, 3.63) is 70.7 Å². The molecule has 1 heterocycles. The highest BCUT2D eigenvalue weighted by Crippen LogP contribution is 2.29. The van der Waals surface area contributed by atoms with Gasteiger partial charge in [-0.15, -0.1) is 0 Å². The van der Waals surface area contributed by atoms with Crippen LogP contribution in [0.5, 0.6) is 0 Å². The average Bonchev–Trinajstić information content (AvgIpc) is 2.75. The van der Waals surface area contributed by atoms with Crippen LogP contribution in [0.15, 0.2) is 54.6 Å². The highest BCUT2D eigenvalue weighted by molar-refractivity contribution is 6.30. The second-order valence-electron chi connectivity index (χ2n) is 7.75. The smallest absolute Gasteiger partial charge is 0.251 e. The first-order chi connectivity index (χ1) is 14.1. The van der Waals surface area contributed by atoms with Crippen molar-refractivity contribution < 1.29 is 9.59 Å². The summed E-state index contributed by atoms with van der Waals surface area (Å²) in [6.07, 6.45) is 4.37. The lowest BCUT2D eigenvalue weighted by atomic mass is 9.87. The quantitative estimate of drug-likeness (QED) is 0.676. The van der Waals surface area contributed by atoms with Crippen LogP contribution in [0, 0.1) is 5.92 Å². The molecule has 5 heteroatoms. The van der Waals surface area contributed by atoms with Gasteiger partial charge in [-0.05, 0) is 61.4 Å². The van der Waals surface area contributed by atoms with Crippen molar-refractivity contribution in [3.63, 3.8) is 0 Å². The number of amides is 2. The molecule has 0 spiro atoms. The summed E-state index contributed by atoms with van der Waals surface area (Å²) in [5, 5.41) is 3.82. The molecule has 2 amide bonds. The van der Waals surface area contributed by atoms with Crippen LogP contribution in [-0.4, -0.2) is 29.8 Å². The number of likely N-dealkylation sites (tertiary alicyclic amines) is 1. The van der Waals surface area contributed by atoms with Crippen LogP contribution in [0.4, 0.5) is 0 Å². The summed E-state index contributed by atoms with van der Waals surface area (Å²) in [7, 11) is 0. The Labute approximate surface area is 178 Å². The highest BCUT2D eigenvalue weighted by atomic mass is 35.5. The molecule has 0 bridgehead atoms. The molecular formula is C24H29ClN2O2. The van der Waals surface area contributed by atoms with E-state index in [1.54, 1.807) is 24.3 Å². The van der Waals surface area contributed by atoms with E-state index in [1.165, 1.54) is 0 Å². The first kappa shape index (κ1) is 21.4. The molecule has 1 aliphatic heterocycles. The molecule has 3 rings (SSSR count). The summed E-state index contributed by atoms with van der Waals surface area (Å²) in [5.74, 6) is 0.657. The van der Waals surface area contributed by atoms with E-state index in [-0.39, 0.29) is 17.9 Å². The number of hydrogen-bond donors (Lipinski definition) is 1. The van der Waals surface area contributed by atoms with Crippen molar-refractivity contribution in [1.29, 1.82) is 0 Å². The SMILES string of the molecule is CCCC(=O)N1CCC(CC(NC(=O)c2ccc(Cl)cc2)c2ccccc2)CC1. The number of halogens is 1. The Morgan fingerprint density at radius 2 is 1.72 bits per heavy atom.